The van der Waals surface area contributed by atoms with Crippen LogP contribution in [0.25, 0.3) is 0 Å². The number of aryl methyl sites for hydroxylation is 3. The summed E-state index contributed by atoms with van der Waals surface area (Å²) in [6.07, 6.45) is 0.859. The summed E-state index contributed by atoms with van der Waals surface area (Å²) in [4.78, 5) is 37.2. The molecule has 4 N–H and O–H groups in total. The molecule has 1 aromatic carbocycles. The van der Waals surface area contributed by atoms with E-state index in [1.807, 2.05) is 45.0 Å². The van der Waals surface area contributed by atoms with Crippen molar-refractivity contribution in [2.24, 2.45) is 0 Å². The molecule has 0 aliphatic heterocycles. The van der Waals surface area contributed by atoms with Gasteiger partial charge in [-0.1, -0.05) is 36.8 Å². The van der Waals surface area contributed by atoms with Crippen LogP contribution in [0.2, 0.25) is 0 Å². The van der Waals surface area contributed by atoms with E-state index in [1.165, 1.54) is 11.3 Å². The van der Waals surface area contributed by atoms with Crippen molar-refractivity contribution in [1.82, 2.24) is 21.5 Å². The molecule has 4 amide bonds. The van der Waals surface area contributed by atoms with Crippen molar-refractivity contribution in [3.05, 3.63) is 56.8 Å². The second-order valence-electron chi connectivity index (χ2n) is 6.09. The number of urea groups is 1. The van der Waals surface area contributed by atoms with Crippen LogP contribution in [0.4, 0.5) is 4.79 Å². The molecular formula is C19H24N4O3S. The smallest absolute Gasteiger partial charge is 0.315 e. The second kappa shape index (κ2) is 9.72. The van der Waals surface area contributed by atoms with Crippen molar-refractivity contribution >= 4 is 29.2 Å². The summed E-state index contributed by atoms with van der Waals surface area (Å²) in [5, 5.41) is 5.10. The van der Waals surface area contributed by atoms with Gasteiger partial charge in [-0.2, -0.15) is 0 Å². The van der Waals surface area contributed by atoms with E-state index in [1.54, 1.807) is 6.07 Å². The Labute approximate surface area is 162 Å². The summed E-state index contributed by atoms with van der Waals surface area (Å²) in [5.74, 6) is -0.891. The summed E-state index contributed by atoms with van der Waals surface area (Å²) in [6.45, 7) is 6.08. The molecule has 0 spiro atoms. The Morgan fingerprint density at radius 3 is 2.33 bits per heavy atom. The summed E-state index contributed by atoms with van der Waals surface area (Å²) in [6, 6.07) is 9.11. The van der Waals surface area contributed by atoms with Gasteiger partial charge in [-0.15, -0.1) is 11.3 Å². The highest BCUT2D eigenvalue weighted by Gasteiger charge is 2.12. The van der Waals surface area contributed by atoms with Gasteiger partial charge < -0.3 is 10.6 Å². The molecule has 0 saturated carbocycles. The molecule has 0 atom stereocenters. The van der Waals surface area contributed by atoms with Gasteiger partial charge in [-0.05, 0) is 37.5 Å². The minimum absolute atomic E-state index is 0.246. The molecule has 27 heavy (non-hydrogen) atoms. The number of thiophene rings is 1. The Balaban J connectivity index is 1.68. The van der Waals surface area contributed by atoms with Crippen LogP contribution in [0.1, 0.15) is 38.2 Å². The summed E-state index contributed by atoms with van der Waals surface area (Å²) < 4.78 is 0. The standard InChI is InChI=1S/C19H24N4O3S/c1-4-15-13(3)9-16(27-15)18(25)23-22-17(24)11-21-19(26)20-10-14-7-5-12(2)6-8-14/h5-9H,4,10-11H2,1-3H3,(H,22,24)(H,23,25)(H2,20,21,26). The van der Waals surface area contributed by atoms with Crippen LogP contribution >= 0.6 is 11.3 Å². The number of carbonyl (C=O) groups excluding carboxylic acids is 3. The summed E-state index contributed by atoms with van der Waals surface area (Å²) >= 11 is 1.40. The molecule has 8 heteroatoms. The largest absolute Gasteiger partial charge is 0.334 e. The monoisotopic (exact) mass is 388 g/mol. The van der Waals surface area contributed by atoms with Gasteiger partial charge in [0.25, 0.3) is 11.8 Å². The van der Waals surface area contributed by atoms with E-state index >= 15 is 0 Å². The predicted molar refractivity (Wildman–Crippen MR) is 105 cm³/mol. The lowest BCUT2D eigenvalue weighted by molar-refractivity contribution is -0.120. The van der Waals surface area contributed by atoms with Crippen LogP contribution in [0, 0.1) is 13.8 Å². The molecule has 1 aromatic heterocycles. The lowest BCUT2D eigenvalue weighted by Gasteiger charge is -2.09. The molecule has 0 saturated heterocycles. The number of hydrazine groups is 1. The second-order valence-corrected chi connectivity index (χ2v) is 7.23. The van der Waals surface area contributed by atoms with E-state index in [2.05, 4.69) is 21.5 Å². The fraction of sp³-hybridized carbons (Fsp3) is 0.316. The van der Waals surface area contributed by atoms with E-state index in [0.717, 1.165) is 28.0 Å². The molecule has 0 unspecified atom stereocenters. The van der Waals surface area contributed by atoms with Crippen LogP contribution in [-0.2, 0) is 17.8 Å². The molecule has 0 bridgehead atoms. The quantitative estimate of drug-likeness (QED) is 0.571. The maximum Gasteiger partial charge on any atom is 0.315 e. The van der Waals surface area contributed by atoms with E-state index in [4.69, 9.17) is 0 Å². The van der Waals surface area contributed by atoms with E-state index in [9.17, 15) is 14.4 Å². The van der Waals surface area contributed by atoms with Crippen molar-refractivity contribution in [3.8, 4) is 0 Å². The predicted octanol–water partition coefficient (Wildman–Crippen LogP) is 2.19. The molecule has 0 radical (unpaired) electrons. The first-order valence-corrected chi connectivity index (χ1v) is 9.46. The molecule has 1 heterocycles. The normalized spacial score (nSPS) is 10.2. The zero-order valence-electron chi connectivity index (χ0n) is 15.6. The number of nitrogens with one attached hydrogen (secondary N) is 4. The van der Waals surface area contributed by atoms with Crippen molar-refractivity contribution < 1.29 is 14.4 Å². The summed E-state index contributed by atoms with van der Waals surface area (Å²) in [7, 11) is 0. The third-order valence-corrected chi connectivity index (χ3v) is 5.24. The highest BCUT2D eigenvalue weighted by molar-refractivity contribution is 7.14. The van der Waals surface area contributed by atoms with E-state index < -0.39 is 11.9 Å². The SMILES string of the molecule is CCc1sc(C(=O)NNC(=O)CNC(=O)NCc2ccc(C)cc2)cc1C. The first-order valence-electron chi connectivity index (χ1n) is 8.64. The molecule has 7 nitrogen and oxygen atoms in total. The van der Waals surface area contributed by atoms with Crippen LogP contribution < -0.4 is 21.5 Å². The first-order chi connectivity index (χ1) is 12.9. The molecule has 0 aliphatic rings. The molecular weight excluding hydrogens is 364 g/mol. The Morgan fingerprint density at radius 1 is 1.00 bits per heavy atom. The van der Waals surface area contributed by atoms with Gasteiger partial charge in [-0.25, -0.2) is 4.79 Å². The Hall–Kier alpha value is -2.87. The Kier molecular flexibility index (Phi) is 7.36. The fourth-order valence-corrected chi connectivity index (χ4v) is 3.34. The third kappa shape index (κ3) is 6.41. The fourth-order valence-electron chi connectivity index (χ4n) is 2.33. The lowest BCUT2D eigenvalue weighted by Crippen LogP contribution is -2.47. The van der Waals surface area contributed by atoms with E-state index in [0.29, 0.717) is 11.4 Å². The van der Waals surface area contributed by atoms with Gasteiger partial charge in [0.2, 0.25) is 0 Å². The van der Waals surface area contributed by atoms with Crippen molar-refractivity contribution in [2.45, 2.75) is 33.7 Å². The van der Waals surface area contributed by atoms with Gasteiger partial charge in [0, 0.05) is 11.4 Å². The van der Waals surface area contributed by atoms with Crippen molar-refractivity contribution in [2.75, 3.05) is 6.54 Å². The van der Waals surface area contributed by atoms with Gasteiger partial charge >= 0.3 is 6.03 Å². The highest BCUT2D eigenvalue weighted by Crippen LogP contribution is 2.21. The first kappa shape index (κ1) is 20.4. The number of amides is 4. The Bertz CT molecular complexity index is 815. The number of hydrogen-bond donors (Lipinski definition) is 4. The van der Waals surface area contributed by atoms with Gasteiger partial charge in [0.15, 0.2) is 0 Å². The van der Waals surface area contributed by atoms with Crippen LogP contribution in [0.3, 0.4) is 0 Å². The molecule has 2 rings (SSSR count). The topological polar surface area (TPSA) is 99.3 Å². The van der Waals surface area contributed by atoms with Crippen molar-refractivity contribution in [1.29, 1.82) is 0 Å². The molecule has 144 valence electrons. The third-order valence-electron chi connectivity index (χ3n) is 3.86. The number of rotatable bonds is 6. The van der Waals surface area contributed by atoms with Crippen LogP contribution in [0.15, 0.2) is 30.3 Å². The number of hydrogen-bond acceptors (Lipinski definition) is 4. The van der Waals surface area contributed by atoms with Crippen LogP contribution in [0.5, 0.6) is 0 Å². The Morgan fingerprint density at radius 2 is 1.70 bits per heavy atom. The van der Waals surface area contributed by atoms with Gasteiger partial charge in [0.05, 0.1) is 4.88 Å². The van der Waals surface area contributed by atoms with Gasteiger partial charge in [-0.3, -0.25) is 20.4 Å². The zero-order valence-corrected chi connectivity index (χ0v) is 16.5. The lowest BCUT2D eigenvalue weighted by atomic mass is 10.1. The minimum atomic E-state index is -0.516. The maximum absolute atomic E-state index is 12.0. The zero-order chi connectivity index (χ0) is 19.8. The summed E-state index contributed by atoms with van der Waals surface area (Å²) in [5.41, 5.74) is 7.81. The average molecular weight is 388 g/mol. The van der Waals surface area contributed by atoms with Crippen molar-refractivity contribution in [3.63, 3.8) is 0 Å². The maximum atomic E-state index is 12.0. The molecule has 2 aromatic rings. The minimum Gasteiger partial charge on any atom is -0.334 e. The molecule has 0 aliphatic carbocycles. The van der Waals surface area contributed by atoms with Gasteiger partial charge in [0.1, 0.15) is 6.54 Å². The highest BCUT2D eigenvalue weighted by atomic mass is 32.1. The number of benzene rings is 1. The van der Waals surface area contributed by atoms with Crippen LogP contribution in [-0.4, -0.2) is 24.4 Å². The number of carbonyl (C=O) groups is 3. The average Bonchev–Trinajstić information content (AvgIpc) is 3.04. The van der Waals surface area contributed by atoms with E-state index in [-0.39, 0.29) is 12.5 Å². The molecule has 0 fully saturated rings.